The molecule has 1 aromatic heterocycles. The lowest BCUT2D eigenvalue weighted by molar-refractivity contribution is 0.602. The fraction of sp³-hybridized carbons (Fsp3) is 0.444. The molecule has 0 spiro atoms. The van der Waals surface area contributed by atoms with Crippen LogP contribution >= 0.6 is 0 Å². The number of nitrogens with one attached hydrogen (secondary N) is 1. The van der Waals surface area contributed by atoms with Gasteiger partial charge in [0.05, 0.1) is 11.5 Å². The van der Waals surface area contributed by atoms with Crippen LogP contribution in [0.3, 0.4) is 0 Å². The highest BCUT2D eigenvalue weighted by Gasteiger charge is 2.30. The average molecular weight is 358 g/mol. The van der Waals surface area contributed by atoms with Crippen molar-refractivity contribution in [1.82, 2.24) is 9.97 Å². The first-order valence-corrected chi connectivity index (χ1v) is 10.4. The van der Waals surface area contributed by atoms with Crippen molar-refractivity contribution in [3.05, 3.63) is 41.6 Å². The third-order valence-electron chi connectivity index (χ3n) is 4.85. The molecule has 0 aliphatic carbocycles. The number of fused-ring (bicyclic) bond motifs is 1. The van der Waals surface area contributed by atoms with E-state index in [0.717, 1.165) is 17.8 Å². The van der Waals surface area contributed by atoms with Gasteiger partial charge < -0.3 is 10.2 Å². The minimum Gasteiger partial charge on any atom is -0.366 e. The first-order valence-electron chi connectivity index (χ1n) is 8.61. The van der Waals surface area contributed by atoms with E-state index < -0.39 is 9.84 Å². The Morgan fingerprint density at radius 2 is 2.04 bits per heavy atom. The van der Waals surface area contributed by atoms with Crippen molar-refractivity contribution in [2.24, 2.45) is 0 Å². The Labute approximate surface area is 148 Å². The Balaban J connectivity index is 1.64. The number of sulfone groups is 1. The molecule has 1 N–H and O–H groups in total. The molecule has 0 amide bonds. The maximum absolute atomic E-state index is 11.7. The minimum absolute atomic E-state index is 0.0737. The van der Waals surface area contributed by atoms with E-state index in [-0.39, 0.29) is 17.5 Å². The Hall–Kier alpha value is -2.15. The second kappa shape index (κ2) is 5.98. The molecule has 25 heavy (non-hydrogen) atoms. The summed E-state index contributed by atoms with van der Waals surface area (Å²) in [6.45, 7) is 4.11. The lowest BCUT2D eigenvalue weighted by atomic mass is 10.1. The van der Waals surface area contributed by atoms with Gasteiger partial charge in [0.25, 0.3) is 0 Å². The summed E-state index contributed by atoms with van der Waals surface area (Å²) in [5, 5.41) is 3.28. The Kier molecular flexibility index (Phi) is 3.91. The zero-order chi connectivity index (χ0) is 17.6. The van der Waals surface area contributed by atoms with E-state index in [0.29, 0.717) is 24.2 Å². The molecule has 2 unspecified atom stereocenters. The Morgan fingerprint density at radius 1 is 1.24 bits per heavy atom. The minimum atomic E-state index is -2.92. The van der Waals surface area contributed by atoms with Crippen LogP contribution in [-0.4, -0.2) is 42.0 Å². The highest BCUT2D eigenvalue weighted by molar-refractivity contribution is 7.91. The molecule has 6 nitrogen and oxygen atoms in total. The van der Waals surface area contributed by atoms with E-state index in [1.165, 1.54) is 5.56 Å². The van der Waals surface area contributed by atoms with Crippen LogP contribution in [0.2, 0.25) is 0 Å². The van der Waals surface area contributed by atoms with E-state index in [4.69, 9.17) is 0 Å². The smallest absolute Gasteiger partial charge is 0.232 e. The van der Waals surface area contributed by atoms with Gasteiger partial charge in [-0.2, -0.15) is 4.98 Å². The summed E-state index contributed by atoms with van der Waals surface area (Å²) >= 11 is 0. The van der Waals surface area contributed by atoms with Crippen LogP contribution in [0.4, 0.5) is 17.5 Å². The van der Waals surface area contributed by atoms with Crippen molar-refractivity contribution in [2.45, 2.75) is 38.8 Å². The van der Waals surface area contributed by atoms with E-state index in [9.17, 15) is 8.42 Å². The van der Waals surface area contributed by atoms with Crippen molar-refractivity contribution in [2.75, 3.05) is 21.7 Å². The summed E-state index contributed by atoms with van der Waals surface area (Å²) in [7, 11) is -2.92. The van der Waals surface area contributed by atoms with Gasteiger partial charge in [-0.3, -0.25) is 0 Å². The molecule has 0 saturated carbocycles. The first kappa shape index (κ1) is 16.3. The summed E-state index contributed by atoms with van der Waals surface area (Å²) in [5.41, 5.74) is 3.32. The van der Waals surface area contributed by atoms with Gasteiger partial charge in [0.15, 0.2) is 9.84 Å². The van der Waals surface area contributed by atoms with Crippen LogP contribution in [0.25, 0.3) is 0 Å². The SMILES string of the molecule is Cc1cc(NC2CCS(=O)(=O)C2)nc(N2c3ccccc3CC2C)n1. The van der Waals surface area contributed by atoms with Crippen LogP contribution in [-0.2, 0) is 16.3 Å². The molecule has 1 saturated heterocycles. The van der Waals surface area contributed by atoms with Gasteiger partial charge in [-0.15, -0.1) is 0 Å². The molecule has 0 bridgehead atoms. The normalized spacial score (nSPS) is 24.3. The number of para-hydroxylation sites is 1. The highest BCUT2D eigenvalue weighted by atomic mass is 32.2. The molecule has 4 rings (SSSR count). The predicted octanol–water partition coefficient (Wildman–Crippen LogP) is 2.47. The van der Waals surface area contributed by atoms with Gasteiger partial charge in [0, 0.05) is 29.5 Å². The van der Waals surface area contributed by atoms with E-state index in [2.05, 4.69) is 45.3 Å². The second-order valence-corrected chi connectivity index (χ2v) is 9.22. The summed E-state index contributed by atoms with van der Waals surface area (Å²) in [6.07, 6.45) is 1.60. The summed E-state index contributed by atoms with van der Waals surface area (Å²) < 4.78 is 23.3. The lowest BCUT2D eigenvalue weighted by Gasteiger charge is -2.24. The van der Waals surface area contributed by atoms with Crippen molar-refractivity contribution in [3.8, 4) is 0 Å². The molecular formula is C18H22N4O2S. The van der Waals surface area contributed by atoms with Crippen LogP contribution in [0.1, 0.15) is 24.6 Å². The zero-order valence-electron chi connectivity index (χ0n) is 14.4. The summed E-state index contributed by atoms with van der Waals surface area (Å²) in [6, 6.07) is 10.4. The molecule has 2 aliphatic rings. The van der Waals surface area contributed by atoms with Crippen molar-refractivity contribution in [3.63, 3.8) is 0 Å². The molecule has 1 aromatic carbocycles. The average Bonchev–Trinajstić information content (AvgIpc) is 3.04. The van der Waals surface area contributed by atoms with Crippen LogP contribution in [0, 0.1) is 6.92 Å². The molecular weight excluding hydrogens is 336 g/mol. The number of nitrogens with zero attached hydrogens (tertiary/aromatic N) is 3. The number of hydrogen-bond acceptors (Lipinski definition) is 6. The van der Waals surface area contributed by atoms with Crippen LogP contribution in [0.5, 0.6) is 0 Å². The van der Waals surface area contributed by atoms with E-state index in [1.807, 2.05) is 19.1 Å². The molecule has 1 fully saturated rings. The van der Waals surface area contributed by atoms with E-state index in [1.54, 1.807) is 0 Å². The molecule has 0 radical (unpaired) electrons. The molecule has 2 atom stereocenters. The fourth-order valence-electron chi connectivity index (χ4n) is 3.72. The third-order valence-corrected chi connectivity index (χ3v) is 6.62. The van der Waals surface area contributed by atoms with Crippen molar-refractivity contribution >= 4 is 27.3 Å². The van der Waals surface area contributed by atoms with Crippen LogP contribution < -0.4 is 10.2 Å². The number of benzene rings is 1. The number of anilines is 3. The fourth-order valence-corrected chi connectivity index (χ4v) is 5.40. The lowest BCUT2D eigenvalue weighted by Crippen LogP contribution is -2.27. The van der Waals surface area contributed by atoms with Crippen LogP contribution in [0.15, 0.2) is 30.3 Å². The van der Waals surface area contributed by atoms with Gasteiger partial charge in [-0.25, -0.2) is 13.4 Å². The number of rotatable bonds is 3. The van der Waals surface area contributed by atoms with Gasteiger partial charge in [-0.1, -0.05) is 18.2 Å². The summed E-state index contributed by atoms with van der Waals surface area (Å²) in [4.78, 5) is 11.5. The Bertz CT molecular complexity index is 913. The van der Waals surface area contributed by atoms with Gasteiger partial charge >= 0.3 is 0 Å². The zero-order valence-corrected chi connectivity index (χ0v) is 15.3. The highest BCUT2D eigenvalue weighted by Crippen LogP contribution is 2.36. The van der Waals surface area contributed by atoms with Gasteiger partial charge in [0.1, 0.15) is 5.82 Å². The number of aryl methyl sites for hydroxylation is 1. The topological polar surface area (TPSA) is 75.2 Å². The maximum Gasteiger partial charge on any atom is 0.232 e. The van der Waals surface area contributed by atoms with E-state index >= 15 is 0 Å². The number of hydrogen-bond donors (Lipinski definition) is 1. The van der Waals surface area contributed by atoms with Gasteiger partial charge in [0.2, 0.25) is 5.95 Å². The molecule has 2 aliphatic heterocycles. The van der Waals surface area contributed by atoms with Crippen molar-refractivity contribution < 1.29 is 8.42 Å². The summed E-state index contributed by atoms with van der Waals surface area (Å²) in [5.74, 6) is 1.79. The standard InChI is InChI=1S/C18H22N4O2S/c1-12-9-17(20-15-7-8-25(23,24)11-15)21-18(19-12)22-13(2)10-14-5-3-4-6-16(14)22/h3-6,9,13,15H,7-8,10-11H2,1-2H3,(H,19,20,21). The van der Waals surface area contributed by atoms with Gasteiger partial charge in [-0.05, 0) is 38.3 Å². The third kappa shape index (κ3) is 3.20. The second-order valence-electron chi connectivity index (χ2n) is 6.99. The van der Waals surface area contributed by atoms with Crippen molar-refractivity contribution in [1.29, 1.82) is 0 Å². The molecule has 7 heteroatoms. The predicted molar refractivity (Wildman–Crippen MR) is 99.2 cm³/mol. The number of aromatic nitrogens is 2. The Morgan fingerprint density at radius 3 is 2.80 bits per heavy atom. The maximum atomic E-state index is 11.7. The molecule has 132 valence electrons. The first-order chi connectivity index (χ1) is 11.9. The molecule has 2 aromatic rings. The monoisotopic (exact) mass is 358 g/mol. The largest absolute Gasteiger partial charge is 0.366 e. The quantitative estimate of drug-likeness (QED) is 0.908. The molecule has 3 heterocycles.